The van der Waals surface area contributed by atoms with Crippen LogP contribution in [-0.4, -0.2) is 20.7 Å². The molecule has 102 valence electrons. The smallest absolute Gasteiger partial charge is 0.338 e. The number of carboxylic acid groups (broad SMARTS) is 1. The quantitative estimate of drug-likeness (QED) is 0.888. The number of aromatic nitrogens is 1. The molecule has 1 atom stereocenters. The van der Waals surface area contributed by atoms with Crippen LogP contribution >= 0.6 is 0 Å². The van der Waals surface area contributed by atoms with Gasteiger partial charge in [-0.3, -0.25) is 0 Å². The number of aliphatic hydroxyl groups excluding tert-OH is 1. The van der Waals surface area contributed by atoms with E-state index in [1.54, 1.807) is 19.9 Å². The van der Waals surface area contributed by atoms with Gasteiger partial charge in [-0.2, -0.15) is 0 Å². The number of carboxylic acids is 1. The SMILES string of the molecule is CCCn1cc(C(C)O)c2ccc(C)c(C(=O)O)c21. The van der Waals surface area contributed by atoms with Gasteiger partial charge in [-0.1, -0.05) is 19.1 Å². The number of benzene rings is 1. The fourth-order valence-corrected chi connectivity index (χ4v) is 2.55. The van der Waals surface area contributed by atoms with Crippen molar-refractivity contribution in [2.45, 2.75) is 39.8 Å². The first-order valence-electron chi connectivity index (χ1n) is 6.51. The second-order valence-corrected chi connectivity index (χ2v) is 4.91. The summed E-state index contributed by atoms with van der Waals surface area (Å²) in [5.74, 6) is -0.921. The zero-order valence-electron chi connectivity index (χ0n) is 11.5. The molecule has 0 aliphatic rings. The number of carbonyl (C=O) groups is 1. The molecular formula is C15H19NO3. The van der Waals surface area contributed by atoms with Crippen molar-refractivity contribution in [1.82, 2.24) is 4.57 Å². The summed E-state index contributed by atoms with van der Waals surface area (Å²) in [6, 6.07) is 3.69. The van der Waals surface area contributed by atoms with E-state index < -0.39 is 12.1 Å². The average Bonchev–Trinajstić information content (AvgIpc) is 2.68. The Labute approximate surface area is 112 Å². The van der Waals surface area contributed by atoms with Gasteiger partial charge in [0.05, 0.1) is 17.2 Å². The van der Waals surface area contributed by atoms with Gasteiger partial charge in [-0.05, 0) is 25.8 Å². The maximum atomic E-state index is 11.5. The number of rotatable bonds is 4. The third-order valence-corrected chi connectivity index (χ3v) is 3.41. The molecule has 0 saturated carbocycles. The number of aliphatic hydroxyl groups is 1. The van der Waals surface area contributed by atoms with Gasteiger partial charge >= 0.3 is 5.97 Å². The van der Waals surface area contributed by atoms with Gasteiger partial charge in [0.2, 0.25) is 0 Å². The highest BCUT2D eigenvalue weighted by Gasteiger charge is 2.19. The molecule has 2 aromatic rings. The molecule has 1 aromatic carbocycles. The average molecular weight is 261 g/mol. The van der Waals surface area contributed by atoms with Gasteiger partial charge in [-0.25, -0.2) is 4.79 Å². The Morgan fingerprint density at radius 1 is 1.42 bits per heavy atom. The van der Waals surface area contributed by atoms with Crippen molar-refractivity contribution < 1.29 is 15.0 Å². The largest absolute Gasteiger partial charge is 0.478 e. The number of hydrogen-bond donors (Lipinski definition) is 2. The van der Waals surface area contributed by atoms with E-state index in [-0.39, 0.29) is 0 Å². The lowest BCUT2D eigenvalue weighted by molar-refractivity contribution is 0.0698. The molecule has 0 bridgehead atoms. The Balaban J connectivity index is 2.86. The summed E-state index contributed by atoms with van der Waals surface area (Å²) >= 11 is 0. The van der Waals surface area contributed by atoms with E-state index in [0.717, 1.165) is 29.5 Å². The first-order chi connectivity index (χ1) is 8.97. The van der Waals surface area contributed by atoms with Crippen LogP contribution in [0.1, 0.15) is 47.9 Å². The molecule has 19 heavy (non-hydrogen) atoms. The molecule has 0 aliphatic heterocycles. The lowest BCUT2D eigenvalue weighted by atomic mass is 10.0. The molecular weight excluding hydrogens is 242 g/mol. The van der Waals surface area contributed by atoms with Crippen LogP contribution in [-0.2, 0) is 6.54 Å². The highest BCUT2D eigenvalue weighted by molar-refractivity contribution is 6.04. The monoisotopic (exact) mass is 261 g/mol. The van der Waals surface area contributed by atoms with Gasteiger partial charge in [0.15, 0.2) is 0 Å². The van der Waals surface area contributed by atoms with Crippen LogP contribution in [0.25, 0.3) is 10.9 Å². The second kappa shape index (κ2) is 5.05. The molecule has 1 unspecified atom stereocenters. The van der Waals surface area contributed by atoms with E-state index >= 15 is 0 Å². The molecule has 4 heteroatoms. The molecule has 4 nitrogen and oxygen atoms in total. The summed E-state index contributed by atoms with van der Waals surface area (Å²) in [5, 5.41) is 20.1. The van der Waals surface area contributed by atoms with Crippen molar-refractivity contribution in [2.24, 2.45) is 0 Å². The number of aromatic carboxylic acids is 1. The number of nitrogens with zero attached hydrogens (tertiary/aromatic N) is 1. The normalized spacial score (nSPS) is 12.8. The van der Waals surface area contributed by atoms with Crippen molar-refractivity contribution in [2.75, 3.05) is 0 Å². The van der Waals surface area contributed by atoms with Crippen molar-refractivity contribution in [1.29, 1.82) is 0 Å². The predicted molar refractivity (Wildman–Crippen MR) is 74.6 cm³/mol. The minimum atomic E-state index is -0.921. The lowest BCUT2D eigenvalue weighted by Crippen LogP contribution is -2.05. The van der Waals surface area contributed by atoms with Gasteiger partial charge in [0.1, 0.15) is 0 Å². The molecule has 0 aliphatic carbocycles. The maximum Gasteiger partial charge on any atom is 0.338 e. The van der Waals surface area contributed by atoms with Crippen LogP contribution in [0.4, 0.5) is 0 Å². The van der Waals surface area contributed by atoms with E-state index in [2.05, 4.69) is 0 Å². The molecule has 2 N–H and O–H groups in total. The molecule has 2 rings (SSSR count). The molecule has 0 fully saturated rings. The highest BCUT2D eigenvalue weighted by atomic mass is 16.4. The zero-order valence-corrected chi connectivity index (χ0v) is 11.5. The topological polar surface area (TPSA) is 62.5 Å². The van der Waals surface area contributed by atoms with Crippen molar-refractivity contribution in [3.63, 3.8) is 0 Å². The summed E-state index contributed by atoms with van der Waals surface area (Å²) in [7, 11) is 0. The summed E-state index contributed by atoms with van der Waals surface area (Å²) in [5.41, 5.74) is 2.57. The van der Waals surface area contributed by atoms with E-state index in [0.29, 0.717) is 11.1 Å². The zero-order chi connectivity index (χ0) is 14.2. The van der Waals surface area contributed by atoms with Crippen LogP contribution in [0.5, 0.6) is 0 Å². The molecule has 0 spiro atoms. The molecule has 1 aromatic heterocycles. The summed E-state index contributed by atoms with van der Waals surface area (Å²) < 4.78 is 1.94. The third kappa shape index (κ3) is 2.24. The van der Waals surface area contributed by atoms with Crippen LogP contribution in [0, 0.1) is 6.92 Å². The van der Waals surface area contributed by atoms with Crippen LogP contribution in [0.3, 0.4) is 0 Å². The minimum Gasteiger partial charge on any atom is -0.478 e. The van der Waals surface area contributed by atoms with E-state index in [1.807, 2.05) is 23.8 Å². The Bertz CT molecular complexity index is 626. The first-order valence-corrected chi connectivity index (χ1v) is 6.51. The van der Waals surface area contributed by atoms with Gasteiger partial charge in [-0.15, -0.1) is 0 Å². The summed E-state index contributed by atoms with van der Waals surface area (Å²) in [4.78, 5) is 11.5. The lowest BCUT2D eigenvalue weighted by Gasteiger charge is -2.08. The summed E-state index contributed by atoms with van der Waals surface area (Å²) in [6.45, 7) is 6.29. The van der Waals surface area contributed by atoms with Crippen molar-refractivity contribution in [3.8, 4) is 0 Å². The molecule has 0 amide bonds. The Morgan fingerprint density at radius 3 is 2.63 bits per heavy atom. The second-order valence-electron chi connectivity index (χ2n) is 4.91. The van der Waals surface area contributed by atoms with Crippen LogP contribution < -0.4 is 0 Å². The highest BCUT2D eigenvalue weighted by Crippen LogP contribution is 2.31. The standard InChI is InChI=1S/C15H19NO3/c1-4-7-16-8-12(10(3)17)11-6-5-9(2)13(14(11)16)15(18)19/h5-6,8,10,17H,4,7H2,1-3H3,(H,18,19). The van der Waals surface area contributed by atoms with Crippen LogP contribution in [0.2, 0.25) is 0 Å². The minimum absolute atomic E-state index is 0.331. The first kappa shape index (κ1) is 13.6. The fourth-order valence-electron chi connectivity index (χ4n) is 2.55. The maximum absolute atomic E-state index is 11.5. The van der Waals surface area contributed by atoms with Crippen molar-refractivity contribution >= 4 is 16.9 Å². The molecule has 1 heterocycles. The van der Waals surface area contributed by atoms with Gasteiger partial charge in [0, 0.05) is 23.7 Å². The molecule has 0 radical (unpaired) electrons. The Morgan fingerprint density at radius 2 is 2.11 bits per heavy atom. The third-order valence-electron chi connectivity index (χ3n) is 3.41. The van der Waals surface area contributed by atoms with Gasteiger partial charge in [0.25, 0.3) is 0 Å². The Hall–Kier alpha value is -1.81. The Kier molecular flexibility index (Phi) is 3.62. The van der Waals surface area contributed by atoms with Gasteiger partial charge < -0.3 is 14.8 Å². The molecule has 0 saturated heterocycles. The predicted octanol–water partition coefficient (Wildman–Crippen LogP) is 3.11. The number of hydrogen-bond acceptors (Lipinski definition) is 2. The number of aryl methyl sites for hydroxylation is 2. The number of fused-ring (bicyclic) bond motifs is 1. The summed E-state index contributed by atoms with van der Waals surface area (Å²) in [6.07, 6.45) is 2.17. The van der Waals surface area contributed by atoms with E-state index in [9.17, 15) is 15.0 Å². The van der Waals surface area contributed by atoms with E-state index in [1.165, 1.54) is 0 Å². The van der Waals surface area contributed by atoms with E-state index in [4.69, 9.17) is 0 Å². The van der Waals surface area contributed by atoms with Crippen molar-refractivity contribution in [3.05, 3.63) is 35.0 Å². The fraction of sp³-hybridized carbons (Fsp3) is 0.400. The van der Waals surface area contributed by atoms with Crippen LogP contribution in [0.15, 0.2) is 18.3 Å².